The molecule has 0 atom stereocenters. The van der Waals surface area contributed by atoms with E-state index >= 15 is 0 Å². The second kappa shape index (κ2) is 8.71. The van der Waals surface area contributed by atoms with Gasteiger partial charge in [-0.15, -0.1) is 0 Å². The zero-order valence-electron chi connectivity index (χ0n) is 18.1. The molecule has 2 N–H and O–H groups in total. The summed E-state index contributed by atoms with van der Waals surface area (Å²) in [7, 11) is 0. The van der Waals surface area contributed by atoms with Gasteiger partial charge >= 0.3 is 12.1 Å². The van der Waals surface area contributed by atoms with E-state index in [0.29, 0.717) is 31.8 Å². The number of benzene rings is 2. The van der Waals surface area contributed by atoms with Crippen molar-refractivity contribution in [3.8, 4) is 11.1 Å². The summed E-state index contributed by atoms with van der Waals surface area (Å²) in [4.78, 5) is 26.9. The second-order valence-corrected chi connectivity index (χ2v) is 9.03. The van der Waals surface area contributed by atoms with Crippen molar-refractivity contribution in [2.75, 3.05) is 26.2 Å². The van der Waals surface area contributed by atoms with Crippen molar-refractivity contribution < 1.29 is 19.4 Å². The van der Waals surface area contributed by atoms with Crippen LogP contribution in [0.4, 0.5) is 4.79 Å². The molecule has 0 unspecified atom stereocenters. The number of fused-ring (bicyclic) bond motifs is 3. The molecule has 0 spiro atoms. The van der Waals surface area contributed by atoms with E-state index in [-0.39, 0.29) is 12.5 Å². The van der Waals surface area contributed by atoms with Gasteiger partial charge in [-0.25, -0.2) is 9.59 Å². The number of nitrogens with zero attached hydrogens (tertiary/aromatic N) is 1. The molecule has 1 saturated heterocycles. The molecule has 0 radical (unpaired) electrons. The number of aliphatic carboxylic acids is 1. The summed E-state index contributed by atoms with van der Waals surface area (Å²) in [6.45, 7) is 6.69. The summed E-state index contributed by atoms with van der Waals surface area (Å²) in [5, 5.41) is 12.5. The van der Waals surface area contributed by atoms with E-state index in [4.69, 9.17) is 4.74 Å². The molecule has 0 bridgehead atoms. The highest BCUT2D eigenvalue weighted by Gasteiger charge is 2.43. The average molecular weight is 423 g/mol. The highest BCUT2D eigenvalue weighted by molar-refractivity contribution is 5.85. The van der Waals surface area contributed by atoms with Crippen LogP contribution in [0.3, 0.4) is 0 Å². The van der Waals surface area contributed by atoms with Crippen molar-refractivity contribution in [1.82, 2.24) is 10.2 Å². The first kappa shape index (κ1) is 21.4. The highest BCUT2D eigenvalue weighted by Crippen LogP contribution is 2.44. The predicted molar refractivity (Wildman–Crippen MR) is 119 cm³/mol. The Morgan fingerprint density at radius 1 is 1.06 bits per heavy atom. The number of carbonyl (C=O) groups is 2. The van der Waals surface area contributed by atoms with Gasteiger partial charge in [0.25, 0.3) is 0 Å². The molecule has 1 aliphatic carbocycles. The molecule has 6 nitrogen and oxygen atoms in total. The number of carboxylic acid groups (broad SMARTS) is 1. The lowest BCUT2D eigenvalue weighted by Gasteiger charge is -2.39. The van der Waals surface area contributed by atoms with Crippen LogP contribution in [0.5, 0.6) is 0 Å². The van der Waals surface area contributed by atoms with Crippen molar-refractivity contribution in [3.05, 3.63) is 59.7 Å². The lowest BCUT2D eigenvalue weighted by atomic mass is 9.87. The minimum atomic E-state index is -1.27. The molecular weight excluding hydrogens is 392 g/mol. The summed E-state index contributed by atoms with van der Waals surface area (Å²) in [6.07, 6.45) is 0.0833. The molecule has 1 heterocycles. The van der Waals surface area contributed by atoms with Crippen LogP contribution in [0.25, 0.3) is 11.1 Å². The minimum absolute atomic E-state index is 0.0492. The molecule has 1 fully saturated rings. The number of amides is 1. The van der Waals surface area contributed by atoms with Gasteiger partial charge in [-0.2, -0.15) is 0 Å². The Hall–Kier alpha value is -2.86. The highest BCUT2D eigenvalue weighted by atomic mass is 16.5. The van der Waals surface area contributed by atoms with Gasteiger partial charge in [0.1, 0.15) is 12.1 Å². The molecule has 31 heavy (non-hydrogen) atoms. The topological polar surface area (TPSA) is 78.9 Å². The lowest BCUT2D eigenvalue weighted by Crippen LogP contribution is -2.60. The first-order valence-corrected chi connectivity index (χ1v) is 11.0. The van der Waals surface area contributed by atoms with Gasteiger partial charge in [0.05, 0.1) is 0 Å². The number of hydrogen-bond acceptors (Lipinski definition) is 4. The fourth-order valence-corrected chi connectivity index (χ4v) is 4.86. The average Bonchev–Trinajstić information content (AvgIpc) is 3.07. The predicted octanol–water partition coefficient (Wildman–Crippen LogP) is 4.10. The standard InChI is InChI=1S/C25H30N2O4/c1-17(2)15-27-13-11-25(12-14-27,23(28)29)26-24(30)31-16-22-20-9-5-3-7-18(20)19-8-4-6-10-21(19)22/h3-10,17,22H,11-16H2,1-2H3,(H,26,30)(H,28,29). The molecule has 0 saturated carbocycles. The minimum Gasteiger partial charge on any atom is -0.480 e. The van der Waals surface area contributed by atoms with Crippen LogP contribution in [0.1, 0.15) is 43.7 Å². The van der Waals surface area contributed by atoms with Gasteiger partial charge < -0.3 is 20.1 Å². The van der Waals surface area contributed by atoms with Crippen LogP contribution in [0, 0.1) is 5.92 Å². The Morgan fingerprint density at radius 3 is 2.13 bits per heavy atom. The van der Waals surface area contributed by atoms with Crippen LogP contribution in [-0.2, 0) is 9.53 Å². The fraction of sp³-hybridized carbons (Fsp3) is 0.440. The van der Waals surface area contributed by atoms with Gasteiger partial charge in [0.15, 0.2) is 0 Å². The van der Waals surface area contributed by atoms with Gasteiger partial charge in [-0.1, -0.05) is 62.4 Å². The fourth-order valence-electron chi connectivity index (χ4n) is 4.86. The third kappa shape index (κ3) is 4.30. The monoisotopic (exact) mass is 422 g/mol. The largest absolute Gasteiger partial charge is 0.480 e. The normalized spacial score (nSPS) is 17.8. The van der Waals surface area contributed by atoms with Gasteiger partial charge in [-0.3, -0.25) is 0 Å². The summed E-state index contributed by atoms with van der Waals surface area (Å²) >= 11 is 0. The van der Waals surface area contributed by atoms with Crippen LogP contribution >= 0.6 is 0 Å². The van der Waals surface area contributed by atoms with E-state index in [1.807, 2.05) is 24.3 Å². The van der Waals surface area contributed by atoms with E-state index in [9.17, 15) is 14.7 Å². The number of alkyl carbamates (subject to hydrolysis) is 1. The number of carboxylic acids is 1. The van der Waals surface area contributed by atoms with Crippen LogP contribution < -0.4 is 5.32 Å². The van der Waals surface area contributed by atoms with Gasteiger partial charge in [-0.05, 0) is 41.0 Å². The number of nitrogens with one attached hydrogen (secondary N) is 1. The Kier molecular flexibility index (Phi) is 6.01. The molecular formula is C25H30N2O4. The number of rotatable bonds is 6. The maximum absolute atomic E-state index is 12.7. The summed E-state index contributed by atoms with van der Waals surface area (Å²) in [5.41, 5.74) is 3.31. The van der Waals surface area contributed by atoms with Crippen molar-refractivity contribution in [1.29, 1.82) is 0 Å². The van der Waals surface area contributed by atoms with Crippen LogP contribution in [-0.4, -0.2) is 53.8 Å². The van der Waals surface area contributed by atoms with E-state index < -0.39 is 17.6 Å². The molecule has 164 valence electrons. The van der Waals surface area contributed by atoms with E-state index in [1.165, 1.54) is 0 Å². The molecule has 4 rings (SSSR count). The Morgan fingerprint density at radius 2 is 1.61 bits per heavy atom. The second-order valence-electron chi connectivity index (χ2n) is 9.03. The SMILES string of the molecule is CC(C)CN1CCC(NC(=O)OCC2c3ccccc3-c3ccccc32)(C(=O)O)CC1. The Balaban J connectivity index is 1.42. The summed E-state index contributed by atoms with van der Waals surface area (Å²) in [5.74, 6) is -0.524. The molecule has 1 aliphatic heterocycles. The van der Waals surface area contributed by atoms with Gasteiger partial charge in [0, 0.05) is 25.6 Å². The third-order valence-corrected chi connectivity index (χ3v) is 6.43. The molecule has 2 aromatic carbocycles. The number of ether oxygens (including phenoxy) is 1. The number of carbonyl (C=O) groups excluding carboxylic acids is 1. The molecule has 6 heteroatoms. The van der Waals surface area contributed by atoms with E-state index in [0.717, 1.165) is 28.8 Å². The number of hydrogen-bond donors (Lipinski definition) is 2. The maximum Gasteiger partial charge on any atom is 0.408 e. The first-order chi connectivity index (χ1) is 14.9. The number of piperidine rings is 1. The third-order valence-electron chi connectivity index (χ3n) is 6.43. The Labute approximate surface area is 183 Å². The maximum atomic E-state index is 12.7. The van der Waals surface area contributed by atoms with Crippen molar-refractivity contribution in [3.63, 3.8) is 0 Å². The zero-order valence-corrected chi connectivity index (χ0v) is 18.1. The molecule has 0 aromatic heterocycles. The zero-order chi connectivity index (χ0) is 22.0. The molecule has 2 aromatic rings. The van der Waals surface area contributed by atoms with Crippen molar-refractivity contribution in [2.45, 2.75) is 38.1 Å². The Bertz CT molecular complexity index is 918. The summed E-state index contributed by atoms with van der Waals surface area (Å²) in [6, 6.07) is 16.3. The van der Waals surface area contributed by atoms with Crippen molar-refractivity contribution in [2.24, 2.45) is 5.92 Å². The first-order valence-electron chi connectivity index (χ1n) is 11.0. The van der Waals surface area contributed by atoms with Crippen LogP contribution in [0.2, 0.25) is 0 Å². The van der Waals surface area contributed by atoms with Gasteiger partial charge in [0.2, 0.25) is 0 Å². The quantitative estimate of drug-likeness (QED) is 0.733. The molecule has 1 amide bonds. The van der Waals surface area contributed by atoms with E-state index in [1.54, 1.807) is 0 Å². The van der Waals surface area contributed by atoms with Crippen molar-refractivity contribution >= 4 is 12.1 Å². The van der Waals surface area contributed by atoms with E-state index in [2.05, 4.69) is 48.3 Å². The lowest BCUT2D eigenvalue weighted by molar-refractivity contribution is -0.146. The van der Waals surface area contributed by atoms with Crippen LogP contribution in [0.15, 0.2) is 48.5 Å². The summed E-state index contributed by atoms with van der Waals surface area (Å²) < 4.78 is 5.58. The number of likely N-dealkylation sites (tertiary alicyclic amines) is 1. The smallest absolute Gasteiger partial charge is 0.408 e. The molecule has 2 aliphatic rings.